The zero-order chi connectivity index (χ0) is 34.3. The number of aliphatic hydroxyl groups is 1. The molecule has 2 amide bonds. The van der Waals surface area contributed by atoms with Gasteiger partial charge in [0.25, 0.3) is 0 Å². The molecule has 0 aromatic rings. The second-order valence-corrected chi connectivity index (χ2v) is 14.8. The molecular weight excluding hydrogens is 657 g/mol. The lowest BCUT2D eigenvalue weighted by atomic mass is 9.83. The van der Waals surface area contributed by atoms with Gasteiger partial charge in [-0.1, -0.05) is 6.92 Å². The minimum absolute atomic E-state index is 0.000952. The number of nitrogens with one attached hydrogen (secondary N) is 5. The fraction of sp³-hybridized carbons (Fsp3) is 0.903. The molecule has 5 heterocycles. The Hall–Kier alpha value is -1.63. The van der Waals surface area contributed by atoms with Gasteiger partial charge in [-0.2, -0.15) is 13.2 Å². The van der Waals surface area contributed by atoms with E-state index in [2.05, 4.69) is 31.5 Å². The number of halogens is 4. The van der Waals surface area contributed by atoms with Crippen molar-refractivity contribution in [2.75, 3.05) is 46.0 Å². The van der Waals surface area contributed by atoms with E-state index in [1.165, 1.54) is 0 Å². The van der Waals surface area contributed by atoms with Crippen LogP contribution in [0.15, 0.2) is 0 Å². The van der Waals surface area contributed by atoms with Gasteiger partial charge in [-0.3, -0.25) is 45.5 Å². The molecule has 1 aliphatic carbocycles. The molecule has 272 valence electrons. The van der Waals surface area contributed by atoms with E-state index in [0.29, 0.717) is 45.9 Å². The van der Waals surface area contributed by atoms with Crippen molar-refractivity contribution in [3.05, 3.63) is 0 Å². The first-order chi connectivity index (χ1) is 22.9. The number of alkyl halides is 4. The summed E-state index contributed by atoms with van der Waals surface area (Å²) in [4.78, 5) is 47.2. The number of piperidine rings is 1. The summed E-state index contributed by atoms with van der Waals surface area (Å²) in [6.07, 6.45) is -3.93. The molecule has 13 nitrogen and oxygen atoms in total. The van der Waals surface area contributed by atoms with Gasteiger partial charge in [0, 0.05) is 63.6 Å². The summed E-state index contributed by atoms with van der Waals surface area (Å²) < 4.78 is 46.0. The monoisotopic (exact) mass is 706 g/mol. The van der Waals surface area contributed by atoms with Crippen LogP contribution in [0.4, 0.5) is 13.2 Å². The highest BCUT2D eigenvalue weighted by Gasteiger charge is 2.55. The number of ether oxygens (including phenoxy) is 1. The minimum atomic E-state index is -4.32. The number of likely N-dealkylation sites (tertiary alicyclic amines) is 1. The third-order valence-corrected chi connectivity index (χ3v) is 11.8. The third kappa shape index (κ3) is 7.38. The molecule has 17 heteroatoms. The maximum absolute atomic E-state index is 14.4. The number of ketones is 1. The quantitative estimate of drug-likeness (QED) is 0.194. The van der Waals surface area contributed by atoms with Gasteiger partial charge < -0.3 is 20.1 Å². The molecule has 5 aliphatic heterocycles. The van der Waals surface area contributed by atoms with E-state index in [-0.39, 0.29) is 67.8 Å². The summed E-state index contributed by atoms with van der Waals surface area (Å²) in [5.41, 5.74) is 0. The van der Waals surface area contributed by atoms with Crippen LogP contribution < -0.4 is 26.6 Å². The van der Waals surface area contributed by atoms with E-state index in [0.717, 1.165) is 12.8 Å². The standard InChI is InChI=1S/C31H50ClF3N8O5/c1-3-21-25(41-8-10-42(11-9-41)30(47)24-26(45)16(2)36-15-37-24)27(46)23-28(39-20-5-4-12-48-29(20)40-23)43(21)14-22(44)38-19-7-6-17(13-18(19)32)31(33,34)35/h16-21,23-26,28-29,36-37,39-40,45H,3-15H2,1-2H3,(H,38,44). The molecule has 6 rings (SSSR count). The molecule has 0 aromatic heterocycles. The van der Waals surface area contributed by atoms with Crippen molar-refractivity contribution in [1.82, 2.24) is 41.3 Å². The van der Waals surface area contributed by atoms with Gasteiger partial charge in [0.2, 0.25) is 11.8 Å². The summed E-state index contributed by atoms with van der Waals surface area (Å²) >= 11 is 6.39. The lowest BCUT2D eigenvalue weighted by Gasteiger charge is -2.57. The molecule has 0 spiro atoms. The van der Waals surface area contributed by atoms with Crippen LogP contribution in [0.2, 0.25) is 0 Å². The van der Waals surface area contributed by atoms with Crippen molar-refractivity contribution in [3.63, 3.8) is 0 Å². The van der Waals surface area contributed by atoms with E-state index >= 15 is 0 Å². The molecule has 6 aliphatic rings. The molecule has 5 saturated heterocycles. The Morgan fingerprint density at radius 2 is 1.85 bits per heavy atom. The van der Waals surface area contributed by atoms with Crippen LogP contribution in [0, 0.1) is 5.92 Å². The van der Waals surface area contributed by atoms with Gasteiger partial charge in [0.05, 0.1) is 42.2 Å². The Balaban J connectivity index is 1.16. The fourth-order valence-corrected chi connectivity index (χ4v) is 8.99. The Kier molecular flexibility index (Phi) is 11.2. The van der Waals surface area contributed by atoms with Crippen LogP contribution in [0.5, 0.6) is 0 Å². The summed E-state index contributed by atoms with van der Waals surface area (Å²) in [5, 5.41) is 25.9. The summed E-state index contributed by atoms with van der Waals surface area (Å²) in [5.74, 6) is -1.99. The number of carbonyl (C=O) groups is 3. The number of piperazine rings is 2. The van der Waals surface area contributed by atoms with Crippen LogP contribution in [0.1, 0.15) is 52.4 Å². The number of aliphatic hydroxyl groups excluding tert-OH is 1. The first kappa shape index (κ1) is 36.2. The number of amides is 2. The Morgan fingerprint density at radius 3 is 2.54 bits per heavy atom. The van der Waals surface area contributed by atoms with Gasteiger partial charge in [-0.25, -0.2) is 0 Å². The van der Waals surface area contributed by atoms with E-state index in [1.54, 1.807) is 4.90 Å². The van der Waals surface area contributed by atoms with Crippen LogP contribution in [0.3, 0.4) is 0 Å². The van der Waals surface area contributed by atoms with Crippen LogP contribution in [0.25, 0.3) is 0 Å². The second kappa shape index (κ2) is 14.9. The van der Waals surface area contributed by atoms with Crippen molar-refractivity contribution < 1.29 is 37.4 Å². The normalized spacial score (nSPS) is 41.7. The minimum Gasteiger partial charge on any atom is -0.389 e. The van der Waals surface area contributed by atoms with E-state index in [9.17, 15) is 32.7 Å². The van der Waals surface area contributed by atoms with Crippen LogP contribution in [-0.2, 0) is 19.1 Å². The smallest absolute Gasteiger partial charge is 0.389 e. The zero-order valence-electron chi connectivity index (χ0n) is 27.6. The number of rotatable bonds is 6. The SMILES string of the molecule is CCC1C(N2CCN(C(=O)C3NCNC(C)C3O)CC2)C(=O)C2NC3OCCCC3NC2N1CC(=O)NC1CCC(C(F)(F)F)CC1Cl. The number of carbonyl (C=O) groups excluding carboxylic acids is 3. The number of fused-ring (bicyclic) bond motifs is 2. The summed E-state index contributed by atoms with van der Waals surface area (Å²) in [7, 11) is 0. The first-order valence-corrected chi connectivity index (χ1v) is 17.9. The maximum Gasteiger partial charge on any atom is 0.391 e. The number of hydrogen-bond donors (Lipinski definition) is 6. The van der Waals surface area contributed by atoms with Crippen molar-refractivity contribution >= 4 is 29.2 Å². The predicted octanol–water partition coefficient (Wildman–Crippen LogP) is -0.722. The van der Waals surface area contributed by atoms with Gasteiger partial charge in [0.15, 0.2) is 5.78 Å². The molecule has 6 fully saturated rings. The summed E-state index contributed by atoms with van der Waals surface area (Å²) in [6, 6.07) is -3.13. The topological polar surface area (TPSA) is 151 Å². The highest BCUT2D eigenvalue weighted by molar-refractivity contribution is 6.21. The van der Waals surface area contributed by atoms with Gasteiger partial charge in [-0.15, -0.1) is 11.6 Å². The van der Waals surface area contributed by atoms with Crippen molar-refractivity contribution in [1.29, 1.82) is 0 Å². The number of hydrogen-bond acceptors (Lipinski definition) is 11. The van der Waals surface area contributed by atoms with E-state index < -0.39 is 53.9 Å². The molecule has 12 unspecified atom stereocenters. The highest BCUT2D eigenvalue weighted by atomic mass is 35.5. The Labute approximate surface area is 284 Å². The van der Waals surface area contributed by atoms with Gasteiger partial charge in [-0.05, 0) is 45.4 Å². The average molecular weight is 707 g/mol. The van der Waals surface area contributed by atoms with E-state index in [4.69, 9.17) is 16.3 Å². The summed E-state index contributed by atoms with van der Waals surface area (Å²) in [6.45, 7) is 6.42. The Bertz CT molecular complexity index is 1180. The molecule has 0 aromatic carbocycles. The average Bonchev–Trinajstić information content (AvgIpc) is 3.06. The fourth-order valence-electron chi connectivity index (χ4n) is 8.59. The van der Waals surface area contributed by atoms with Crippen molar-refractivity contribution in [2.24, 2.45) is 5.92 Å². The number of Topliss-reactive ketones (excluding diaryl/α,β-unsaturated/α-hetero) is 1. The molecule has 48 heavy (non-hydrogen) atoms. The highest BCUT2D eigenvalue weighted by Crippen LogP contribution is 2.39. The molecule has 1 saturated carbocycles. The number of nitrogens with zero attached hydrogens (tertiary/aromatic N) is 3. The first-order valence-electron chi connectivity index (χ1n) is 17.5. The van der Waals surface area contributed by atoms with Crippen LogP contribution in [-0.4, -0.2) is 156 Å². The molecule has 12 atom stereocenters. The lowest BCUT2D eigenvalue weighted by Crippen LogP contribution is -2.81. The predicted molar refractivity (Wildman–Crippen MR) is 170 cm³/mol. The molecule has 0 bridgehead atoms. The van der Waals surface area contributed by atoms with Gasteiger partial charge in [0.1, 0.15) is 12.3 Å². The zero-order valence-corrected chi connectivity index (χ0v) is 28.3. The Morgan fingerprint density at radius 1 is 1.10 bits per heavy atom. The van der Waals surface area contributed by atoms with E-state index in [1.807, 2.05) is 18.7 Å². The third-order valence-electron chi connectivity index (χ3n) is 11.3. The molecular formula is C31H50ClF3N8O5. The maximum atomic E-state index is 14.4. The van der Waals surface area contributed by atoms with Crippen LogP contribution >= 0.6 is 11.6 Å². The lowest BCUT2D eigenvalue weighted by molar-refractivity contribution is -0.182. The van der Waals surface area contributed by atoms with Crippen molar-refractivity contribution in [3.8, 4) is 0 Å². The second-order valence-electron chi connectivity index (χ2n) is 14.2. The molecule has 6 N–H and O–H groups in total. The largest absolute Gasteiger partial charge is 0.391 e. The van der Waals surface area contributed by atoms with Gasteiger partial charge >= 0.3 is 6.18 Å². The van der Waals surface area contributed by atoms with Crippen molar-refractivity contribution in [2.45, 2.75) is 125 Å². The molecule has 0 radical (unpaired) electrons.